The van der Waals surface area contributed by atoms with Gasteiger partial charge < -0.3 is 5.32 Å². The van der Waals surface area contributed by atoms with Crippen molar-refractivity contribution in [1.82, 2.24) is 5.32 Å². The molecule has 94 valence electrons. The van der Waals surface area contributed by atoms with Crippen LogP contribution in [0.15, 0.2) is 48.5 Å². The molecule has 1 nitrogen and oxygen atoms in total. The van der Waals surface area contributed by atoms with Gasteiger partial charge in [0.15, 0.2) is 0 Å². The first-order valence-corrected chi connectivity index (χ1v) is 5.95. The molecule has 3 heteroatoms. The highest BCUT2D eigenvalue weighted by atomic mass is 19.1. The van der Waals surface area contributed by atoms with E-state index in [9.17, 15) is 8.78 Å². The highest BCUT2D eigenvalue weighted by molar-refractivity contribution is 5.32. The Morgan fingerprint density at radius 1 is 1.00 bits per heavy atom. The van der Waals surface area contributed by atoms with Crippen molar-refractivity contribution in [1.29, 1.82) is 0 Å². The van der Waals surface area contributed by atoms with E-state index in [0.717, 1.165) is 5.56 Å². The Morgan fingerprint density at radius 2 is 1.67 bits per heavy atom. The van der Waals surface area contributed by atoms with Gasteiger partial charge >= 0.3 is 0 Å². The monoisotopic (exact) mass is 247 g/mol. The summed E-state index contributed by atoms with van der Waals surface area (Å²) < 4.78 is 26.7. The molecule has 0 saturated carbocycles. The lowest BCUT2D eigenvalue weighted by Gasteiger charge is -2.19. The lowest BCUT2D eigenvalue weighted by Crippen LogP contribution is -2.22. The third kappa shape index (κ3) is 2.74. The number of nitrogens with one attached hydrogen (secondary N) is 1. The predicted octanol–water partition coefficient (Wildman–Crippen LogP) is 3.66. The van der Waals surface area contributed by atoms with Gasteiger partial charge in [0.05, 0.1) is 6.04 Å². The van der Waals surface area contributed by atoms with Crippen LogP contribution in [0.1, 0.15) is 24.1 Å². The first kappa shape index (κ1) is 12.7. The summed E-state index contributed by atoms with van der Waals surface area (Å²) >= 11 is 0. The molecule has 2 aromatic rings. The molecule has 0 saturated heterocycles. The SMILES string of the molecule is CCNC(c1ccc(F)cc1)c1ccccc1F. The van der Waals surface area contributed by atoms with Crippen LogP contribution < -0.4 is 5.32 Å². The van der Waals surface area contributed by atoms with E-state index in [1.165, 1.54) is 18.2 Å². The smallest absolute Gasteiger partial charge is 0.128 e. The molecule has 0 fully saturated rings. The maximum Gasteiger partial charge on any atom is 0.128 e. The summed E-state index contributed by atoms with van der Waals surface area (Å²) in [5.74, 6) is -0.546. The topological polar surface area (TPSA) is 12.0 Å². The fraction of sp³-hybridized carbons (Fsp3) is 0.200. The Morgan fingerprint density at radius 3 is 2.28 bits per heavy atom. The zero-order valence-electron chi connectivity index (χ0n) is 10.2. The maximum atomic E-state index is 13.8. The van der Waals surface area contributed by atoms with Crippen LogP contribution in [-0.4, -0.2) is 6.54 Å². The van der Waals surface area contributed by atoms with E-state index in [0.29, 0.717) is 12.1 Å². The molecule has 0 amide bonds. The zero-order valence-corrected chi connectivity index (χ0v) is 10.2. The molecule has 0 aromatic heterocycles. The van der Waals surface area contributed by atoms with Crippen LogP contribution in [0.5, 0.6) is 0 Å². The van der Waals surface area contributed by atoms with Crippen molar-refractivity contribution in [3.05, 3.63) is 71.3 Å². The van der Waals surface area contributed by atoms with Crippen molar-refractivity contribution in [3.63, 3.8) is 0 Å². The zero-order chi connectivity index (χ0) is 13.0. The second kappa shape index (κ2) is 5.74. The first-order valence-electron chi connectivity index (χ1n) is 5.95. The molecule has 1 N–H and O–H groups in total. The van der Waals surface area contributed by atoms with E-state index in [2.05, 4.69) is 5.32 Å². The van der Waals surface area contributed by atoms with Gasteiger partial charge in [0, 0.05) is 5.56 Å². The Kier molecular flexibility index (Phi) is 4.05. The summed E-state index contributed by atoms with van der Waals surface area (Å²) in [4.78, 5) is 0. The van der Waals surface area contributed by atoms with Crippen LogP contribution >= 0.6 is 0 Å². The highest BCUT2D eigenvalue weighted by Gasteiger charge is 2.16. The van der Waals surface area contributed by atoms with E-state index in [1.54, 1.807) is 30.3 Å². The largest absolute Gasteiger partial charge is 0.306 e. The van der Waals surface area contributed by atoms with Crippen molar-refractivity contribution < 1.29 is 8.78 Å². The lowest BCUT2D eigenvalue weighted by atomic mass is 9.98. The van der Waals surface area contributed by atoms with Crippen LogP contribution in [0.4, 0.5) is 8.78 Å². The molecule has 0 bridgehead atoms. The third-order valence-electron chi connectivity index (χ3n) is 2.83. The van der Waals surface area contributed by atoms with Crippen LogP contribution in [0, 0.1) is 11.6 Å². The van der Waals surface area contributed by atoms with Crippen LogP contribution in [-0.2, 0) is 0 Å². The van der Waals surface area contributed by atoms with E-state index in [4.69, 9.17) is 0 Å². The standard InChI is InChI=1S/C15H15F2N/c1-2-18-15(11-7-9-12(16)10-8-11)13-5-3-4-6-14(13)17/h3-10,15,18H,2H2,1H3. The van der Waals surface area contributed by atoms with E-state index in [-0.39, 0.29) is 17.7 Å². The molecular formula is C15H15F2N. The Balaban J connectivity index is 2.40. The number of rotatable bonds is 4. The van der Waals surface area contributed by atoms with Crippen molar-refractivity contribution in [2.24, 2.45) is 0 Å². The summed E-state index contributed by atoms with van der Waals surface area (Å²) in [6.07, 6.45) is 0. The normalized spacial score (nSPS) is 12.4. The quantitative estimate of drug-likeness (QED) is 0.869. The van der Waals surface area contributed by atoms with Gasteiger partial charge in [-0.3, -0.25) is 0 Å². The minimum Gasteiger partial charge on any atom is -0.306 e. The van der Waals surface area contributed by atoms with Crippen molar-refractivity contribution in [2.75, 3.05) is 6.54 Å². The number of benzene rings is 2. The number of halogens is 2. The molecule has 0 aliphatic rings. The number of hydrogen-bond acceptors (Lipinski definition) is 1. The molecule has 1 unspecified atom stereocenters. The van der Waals surface area contributed by atoms with Gasteiger partial charge in [0.25, 0.3) is 0 Å². The predicted molar refractivity (Wildman–Crippen MR) is 68.3 cm³/mol. The average molecular weight is 247 g/mol. The summed E-state index contributed by atoms with van der Waals surface area (Å²) in [6, 6.07) is 12.5. The van der Waals surface area contributed by atoms with Crippen LogP contribution in [0.2, 0.25) is 0 Å². The summed E-state index contributed by atoms with van der Waals surface area (Å²) in [6.45, 7) is 2.66. The molecule has 0 spiro atoms. The Labute approximate surface area is 105 Å². The molecule has 18 heavy (non-hydrogen) atoms. The molecule has 0 aliphatic heterocycles. The average Bonchev–Trinajstić information content (AvgIpc) is 2.38. The molecule has 0 heterocycles. The van der Waals surface area contributed by atoms with Crippen LogP contribution in [0.25, 0.3) is 0 Å². The van der Waals surface area contributed by atoms with Gasteiger partial charge in [-0.2, -0.15) is 0 Å². The second-order valence-corrected chi connectivity index (χ2v) is 4.06. The minimum atomic E-state index is -0.289. The van der Waals surface area contributed by atoms with E-state index in [1.807, 2.05) is 6.92 Å². The summed E-state index contributed by atoms with van der Waals surface area (Å²) in [5.41, 5.74) is 1.43. The van der Waals surface area contributed by atoms with Crippen molar-refractivity contribution in [3.8, 4) is 0 Å². The second-order valence-electron chi connectivity index (χ2n) is 4.06. The first-order chi connectivity index (χ1) is 8.72. The number of hydrogen-bond donors (Lipinski definition) is 1. The fourth-order valence-corrected chi connectivity index (χ4v) is 1.98. The molecule has 0 radical (unpaired) electrons. The molecule has 2 rings (SSSR count). The molecule has 0 aliphatic carbocycles. The van der Waals surface area contributed by atoms with Gasteiger partial charge in [-0.15, -0.1) is 0 Å². The van der Waals surface area contributed by atoms with E-state index >= 15 is 0 Å². The van der Waals surface area contributed by atoms with Gasteiger partial charge in [-0.1, -0.05) is 37.3 Å². The molecule has 2 aromatic carbocycles. The van der Waals surface area contributed by atoms with Crippen molar-refractivity contribution >= 4 is 0 Å². The summed E-state index contributed by atoms with van der Waals surface area (Å²) in [7, 11) is 0. The summed E-state index contributed by atoms with van der Waals surface area (Å²) in [5, 5.41) is 3.21. The van der Waals surface area contributed by atoms with Gasteiger partial charge in [0.1, 0.15) is 11.6 Å². The van der Waals surface area contributed by atoms with Crippen molar-refractivity contribution in [2.45, 2.75) is 13.0 Å². The molecular weight excluding hydrogens is 232 g/mol. The highest BCUT2D eigenvalue weighted by Crippen LogP contribution is 2.24. The van der Waals surface area contributed by atoms with Crippen LogP contribution in [0.3, 0.4) is 0 Å². The lowest BCUT2D eigenvalue weighted by molar-refractivity contribution is 0.557. The van der Waals surface area contributed by atoms with Gasteiger partial charge in [0.2, 0.25) is 0 Å². The van der Waals surface area contributed by atoms with Gasteiger partial charge in [-0.05, 0) is 30.3 Å². The third-order valence-corrected chi connectivity index (χ3v) is 2.83. The van der Waals surface area contributed by atoms with E-state index < -0.39 is 0 Å². The Hall–Kier alpha value is -1.74. The molecule has 1 atom stereocenters. The van der Waals surface area contributed by atoms with Gasteiger partial charge in [-0.25, -0.2) is 8.78 Å². The fourth-order valence-electron chi connectivity index (χ4n) is 1.98. The maximum absolute atomic E-state index is 13.8. The minimum absolute atomic E-state index is 0.253. The Bertz CT molecular complexity index is 508.